The van der Waals surface area contributed by atoms with Crippen molar-refractivity contribution in [3.63, 3.8) is 0 Å². The summed E-state index contributed by atoms with van der Waals surface area (Å²) in [5.74, 6) is -0.0754. The Morgan fingerprint density at radius 1 is 1.47 bits per heavy atom. The molecular formula is C13H17N3O3. The molecule has 2 aliphatic rings. The summed E-state index contributed by atoms with van der Waals surface area (Å²) in [5.41, 5.74) is 2.44. The maximum atomic E-state index is 11.6. The van der Waals surface area contributed by atoms with Crippen molar-refractivity contribution in [2.75, 3.05) is 26.2 Å². The van der Waals surface area contributed by atoms with Crippen molar-refractivity contribution in [1.82, 2.24) is 14.9 Å². The standard InChI is InChI=1S/C13H17N3O3/c17-6-9-4-16(5-11(9)18)3-8-1-2-10-12(8)14-7-15-13(10)19/h1,7,9,11,17-18H,2-6H2,(H,14,15,19)/t9-,11+/m1/s1. The van der Waals surface area contributed by atoms with Crippen LogP contribution in [0.1, 0.15) is 11.3 Å². The Morgan fingerprint density at radius 3 is 3.05 bits per heavy atom. The molecule has 6 heteroatoms. The van der Waals surface area contributed by atoms with Crippen LogP contribution in [0.4, 0.5) is 0 Å². The minimum absolute atomic E-state index is 0.00518. The highest BCUT2D eigenvalue weighted by atomic mass is 16.3. The largest absolute Gasteiger partial charge is 0.396 e. The van der Waals surface area contributed by atoms with E-state index in [1.165, 1.54) is 6.33 Å². The monoisotopic (exact) mass is 263 g/mol. The second kappa shape index (κ2) is 4.88. The van der Waals surface area contributed by atoms with Gasteiger partial charge in [0.2, 0.25) is 0 Å². The van der Waals surface area contributed by atoms with E-state index in [0.717, 1.165) is 16.8 Å². The third-order valence-electron chi connectivity index (χ3n) is 3.92. The summed E-state index contributed by atoms with van der Waals surface area (Å²) in [5, 5.41) is 18.9. The van der Waals surface area contributed by atoms with Gasteiger partial charge in [-0.2, -0.15) is 0 Å². The highest BCUT2D eigenvalue weighted by Gasteiger charge is 2.32. The summed E-state index contributed by atoms with van der Waals surface area (Å²) < 4.78 is 0. The molecule has 0 bridgehead atoms. The Hall–Kier alpha value is -1.50. The van der Waals surface area contributed by atoms with Crippen LogP contribution in [0, 0.1) is 5.92 Å². The predicted molar refractivity (Wildman–Crippen MR) is 69.6 cm³/mol. The molecule has 0 spiro atoms. The third-order valence-corrected chi connectivity index (χ3v) is 3.92. The Labute approximate surface area is 110 Å². The van der Waals surface area contributed by atoms with Crippen molar-refractivity contribution in [2.45, 2.75) is 12.5 Å². The molecule has 6 nitrogen and oxygen atoms in total. The Kier molecular flexibility index (Phi) is 3.22. The van der Waals surface area contributed by atoms with Crippen molar-refractivity contribution >= 4 is 5.57 Å². The van der Waals surface area contributed by atoms with Gasteiger partial charge in [0, 0.05) is 37.7 Å². The lowest BCUT2D eigenvalue weighted by Gasteiger charge is -2.16. The third kappa shape index (κ3) is 2.22. The molecule has 3 N–H and O–H groups in total. The van der Waals surface area contributed by atoms with Crippen molar-refractivity contribution < 1.29 is 10.2 Å². The molecule has 0 amide bonds. The van der Waals surface area contributed by atoms with Gasteiger partial charge in [-0.05, 0) is 12.0 Å². The molecule has 1 fully saturated rings. The molecule has 3 rings (SSSR count). The van der Waals surface area contributed by atoms with E-state index in [0.29, 0.717) is 26.1 Å². The number of β-amino-alcohol motifs (C(OH)–C–C–N with tert-alkyl or cyclic N) is 1. The SMILES string of the molecule is O=c1[nH]cnc2c1CC=C2CN1C[C@H](CO)[C@@H](O)C1. The lowest BCUT2D eigenvalue weighted by molar-refractivity contribution is 0.103. The topological polar surface area (TPSA) is 89.5 Å². The van der Waals surface area contributed by atoms with E-state index in [-0.39, 0.29) is 18.1 Å². The minimum atomic E-state index is -0.474. The number of H-pyrrole nitrogens is 1. The first-order chi connectivity index (χ1) is 9.19. The highest BCUT2D eigenvalue weighted by Crippen LogP contribution is 2.25. The van der Waals surface area contributed by atoms with Gasteiger partial charge in [-0.1, -0.05) is 6.08 Å². The zero-order chi connectivity index (χ0) is 13.4. The van der Waals surface area contributed by atoms with Gasteiger partial charge in [-0.15, -0.1) is 0 Å². The fraction of sp³-hybridized carbons (Fsp3) is 0.538. The molecule has 0 saturated carbocycles. The first kappa shape index (κ1) is 12.5. The number of allylic oxidation sites excluding steroid dienone is 1. The number of hydrogen-bond donors (Lipinski definition) is 3. The van der Waals surface area contributed by atoms with Gasteiger partial charge < -0.3 is 15.2 Å². The molecule has 1 aliphatic heterocycles. The minimum Gasteiger partial charge on any atom is -0.396 e. The van der Waals surface area contributed by atoms with Gasteiger partial charge in [-0.3, -0.25) is 9.69 Å². The molecule has 0 aromatic carbocycles. The smallest absolute Gasteiger partial charge is 0.254 e. The van der Waals surface area contributed by atoms with Crippen molar-refractivity contribution in [3.8, 4) is 0 Å². The summed E-state index contributed by atoms with van der Waals surface area (Å²) in [7, 11) is 0. The van der Waals surface area contributed by atoms with Gasteiger partial charge >= 0.3 is 0 Å². The fourth-order valence-corrected chi connectivity index (χ4v) is 2.85. The van der Waals surface area contributed by atoms with Crippen molar-refractivity contribution in [1.29, 1.82) is 0 Å². The zero-order valence-corrected chi connectivity index (χ0v) is 10.5. The molecule has 0 unspecified atom stereocenters. The summed E-state index contributed by atoms with van der Waals surface area (Å²) in [6.07, 6.45) is 3.59. The fourth-order valence-electron chi connectivity index (χ4n) is 2.85. The van der Waals surface area contributed by atoms with Crippen LogP contribution in [0.2, 0.25) is 0 Å². The first-order valence-corrected chi connectivity index (χ1v) is 6.46. The molecule has 102 valence electrons. The average Bonchev–Trinajstić information content (AvgIpc) is 2.95. The number of aliphatic hydroxyl groups excluding tert-OH is 2. The number of aliphatic hydroxyl groups is 2. The molecule has 2 heterocycles. The number of aromatic nitrogens is 2. The van der Waals surface area contributed by atoms with Gasteiger partial charge in [0.05, 0.1) is 18.1 Å². The molecule has 1 aliphatic carbocycles. The molecule has 1 aromatic heterocycles. The van der Waals surface area contributed by atoms with E-state index >= 15 is 0 Å². The van der Waals surface area contributed by atoms with Crippen LogP contribution in [0.5, 0.6) is 0 Å². The zero-order valence-electron chi connectivity index (χ0n) is 10.5. The number of nitrogens with zero attached hydrogens (tertiary/aromatic N) is 2. The Bertz CT molecular complexity index is 566. The second-order valence-electron chi connectivity index (χ2n) is 5.20. The van der Waals surface area contributed by atoms with E-state index < -0.39 is 6.10 Å². The normalized spacial score (nSPS) is 26.5. The maximum absolute atomic E-state index is 11.6. The predicted octanol–water partition coefficient (Wildman–Crippen LogP) is -1.01. The van der Waals surface area contributed by atoms with Crippen LogP contribution in [-0.4, -0.2) is 57.4 Å². The highest BCUT2D eigenvalue weighted by molar-refractivity contribution is 5.70. The first-order valence-electron chi connectivity index (χ1n) is 6.46. The van der Waals surface area contributed by atoms with Gasteiger partial charge in [0.25, 0.3) is 5.56 Å². The molecule has 1 saturated heterocycles. The summed E-state index contributed by atoms with van der Waals surface area (Å²) in [4.78, 5) is 20.5. The van der Waals surface area contributed by atoms with Crippen molar-refractivity contribution in [2.24, 2.45) is 5.92 Å². The summed E-state index contributed by atoms with van der Waals surface area (Å²) in [6, 6.07) is 0. The van der Waals surface area contributed by atoms with E-state index in [1.807, 2.05) is 6.08 Å². The lowest BCUT2D eigenvalue weighted by atomic mass is 10.1. The van der Waals surface area contributed by atoms with E-state index in [2.05, 4.69) is 14.9 Å². The van der Waals surface area contributed by atoms with Gasteiger partial charge in [-0.25, -0.2) is 4.98 Å². The van der Waals surface area contributed by atoms with E-state index in [4.69, 9.17) is 5.11 Å². The van der Waals surface area contributed by atoms with E-state index in [1.54, 1.807) is 0 Å². The lowest BCUT2D eigenvalue weighted by Crippen LogP contribution is -2.24. The number of fused-ring (bicyclic) bond motifs is 1. The van der Waals surface area contributed by atoms with E-state index in [9.17, 15) is 9.90 Å². The van der Waals surface area contributed by atoms with Crippen LogP contribution < -0.4 is 5.56 Å². The number of aromatic amines is 1. The Morgan fingerprint density at radius 2 is 2.32 bits per heavy atom. The number of nitrogens with one attached hydrogen (secondary N) is 1. The molecular weight excluding hydrogens is 246 g/mol. The van der Waals surface area contributed by atoms with Crippen LogP contribution in [-0.2, 0) is 6.42 Å². The molecule has 1 aromatic rings. The van der Waals surface area contributed by atoms with Crippen LogP contribution in [0.25, 0.3) is 5.57 Å². The number of rotatable bonds is 3. The summed E-state index contributed by atoms with van der Waals surface area (Å²) in [6.45, 7) is 1.90. The quantitative estimate of drug-likeness (QED) is 0.650. The maximum Gasteiger partial charge on any atom is 0.254 e. The van der Waals surface area contributed by atoms with Crippen molar-refractivity contribution in [3.05, 3.63) is 34.0 Å². The Balaban J connectivity index is 1.74. The van der Waals surface area contributed by atoms with Gasteiger partial charge in [0.1, 0.15) is 0 Å². The molecule has 2 atom stereocenters. The molecule has 0 radical (unpaired) electrons. The average molecular weight is 263 g/mol. The second-order valence-corrected chi connectivity index (χ2v) is 5.20. The summed E-state index contributed by atoms with van der Waals surface area (Å²) >= 11 is 0. The van der Waals surface area contributed by atoms with Crippen LogP contribution in [0.15, 0.2) is 17.2 Å². The molecule has 19 heavy (non-hydrogen) atoms. The van der Waals surface area contributed by atoms with Crippen LogP contribution >= 0.6 is 0 Å². The van der Waals surface area contributed by atoms with Gasteiger partial charge in [0.15, 0.2) is 0 Å². The van der Waals surface area contributed by atoms with Crippen LogP contribution in [0.3, 0.4) is 0 Å². The number of likely N-dealkylation sites (tertiary alicyclic amines) is 1. The number of hydrogen-bond acceptors (Lipinski definition) is 5.